The third kappa shape index (κ3) is 5.15. The van der Waals surface area contributed by atoms with Gasteiger partial charge in [-0.05, 0) is 47.0 Å². The molecule has 0 saturated heterocycles. The van der Waals surface area contributed by atoms with Crippen LogP contribution in [0.1, 0.15) is 35.7 Å². The molecule has 1 aromatic carbocycles. The summed E-state index contributed by atoms with van der Waals surface area (Å²) in [6.45, 7) is 7.58. The van der Waals surface area contributed by atoms with Crippen LogP contribution in [0.25, 0.3) is 0 Å². The Kier molecular flexibility index (Phi) is 7.35. The second kappa shape index (κ2) is 9.70. The molecule has 3 atom stereocenters. The van der Waals surface area contributed by atoms with E-state index in [1.807, 2.05) is 25.9 Å². The fourth-order valence-corrected chi connectivity index (χ4v) is 5.35. The molecule has 33 heavy (non-hydrogen) atoms. The van der Waals surface area contributed by atoms with E-state index in [0.717, 1.165) is 0 Å². The minimum absolute atomic E-state index is 0.0500. The maximum absolute atomic E-state index is 13.4. The number of hydrogen-bond donors (Lipinski definition) is 2. The maximum Gasteiger partial charge on any atom is 0.267 e. The number of anilines is 1. The van der Waals surface area contributed by atoms with Crippen LogP contribution < -0.4 is 9.46 Å². The molecule has 0 bridgehead atoms. The molecule has 2 heterocycles. The molecule has 0 fully saturated rings. The SMILES string of the molecule is Cc1noc(C)c1S(=O)(=O)Nc1cccc2c1O[C@@H](CN(C)C)[C@@H](C)CN([C@H](C)CO)C2=O. The number of nitrogens with one attached hydrogen (secondary N) is 1. The van der Waals surface area contributed by atoms with E-state index in [9.17, 15) is 18.3 Å². The highest BCUT2D eigenvalue weighted by atomic mass is 32.2. The Bertz CT molecular complexity index is 1090. The fraction of sp³-hybridized carbons (Fsp3) is 0.545. The Hall–Kier alpha value is -2.63. The largest absolute Gasteiger partial charge is 0.486 e. The van der Waals surface area contributed by atoms with Crippen molar-refractivity contribution in [1.82, 2.24) is 15.0 Å². The average molecular weight is 481 g/mol. The summed E-state index contributed by atoms with van der Waals surface area (Å²) in [6, 6.07) is 4.35. The van der Waals surface area contributed by atoms with Crippen LogP contribution in [0.15, 0.2) is 27.6 Å². The number of benzene rings is 1. The lowest BCUT2D eigenvalue weighted by Gasteiger charge is -2.38. The number of hydrogen-bond acceptors (Lipinski definition) is 8. The monoisotopic (exact) mass is 480 g/mol. The Morgan fingerprint density at radius 2 is 2.03 bits per heavy atom. The predicted molar refractivity (Wildman–Crippen MR) is 123 cm³/mol. The van der Waals surface area contributed by atoms with Crippen molar-refractivity contribution in [3.63, 3.8) is 0 Å². The van der Waals surface area contributed by atoms with Crippen molar-refractivity contribution in [2.75, 3.05) is 38.5 Å². The zero-order chi connectivity index (χ0) is 24.5. The zero-order valence-electron chi connectivity index (χ0n) is 19.8. The van der Waals surface area contributed by atoms with Gasteiger partial charge in [0, 0.05) is 19.0 Å². The molecule has 1 amide bonds. The molecule has 0 unspecified atom stereocenters. The van der Waals surface area contributed by atoms with Crippen molar-refractivity contribution < 1.29 is 27.6 Å². The van der Waals surface area contributed by atoms with Crippen LogP contribution in [0.5, 0.6) is 5.75 Å². The van der Waals surface area contributed by atoms with Crippen molar-refractivity contribution in [3.8, 4) is 5.75 Å². The lowest BCUT2D eigenvalue weighted by Crippen LogP contribution is -2.49. The van der Waals surface area contributed by atoms with Gasteiger partial charge < -0.3 is 24.2 Å². The molecule has 2 aromatic rings. The first-order chi connectivity index (χ1) is 15.5. The number of aliphatic hydroxyl groups is 1. The summed E-state index contributed by atoms with van der Waals surface area (Å²) in [4.78, 5) is 17.0. The van der Waals surface area contributed by atoms with Crippen LogP contribution in [0.4, 0.5) is 5.69 Å². The summed E-state index contributed by atoms with van der Waals surface area (Å²) in [5.41, 5.74) is 0.609. The number of nitrogens with zero attached hydrogens (tertiary/aromatic N) is 3. The first kappa shape index (κ1) is 25.0. The molecule has 0 spiro atoms. The fourth-order valence-electron chi connectivity index (χ4n) is 3.96. The van der Waals surface area contributed by atoms with Gasteiger partial charge in [0.05, 0.1) is 23.9 Å². The second-order valence-electron chi connectivity index (χ2n) is 8.83. The number of fused-ring (bicyclic) bond motifs is 1. The molecule has 3 rings (SSSR count). The number of sulfonamides is 1. The van der Waals surface area contributed by atoms with Crippen LogP contribution in [0.2, 0.25) is 0 Å². The lowest BCUT2D eigenvalue weighted by molar-refractivity contribution is 0.0366. The molecule has 0 saturated carbocycles. The molecular weight excluding hydrogens is 448 g/mol. The van der Waals surface area contributed by atoms with E-state index in [2.05, 4.69) is 9.88 Å². The normalized spacial score (nSPS) is 20.1. The summed E-state index contributed by atoms with van der Waals surface area (Å²) < 4.78 is 40.2. The standard InChI is InChI=1S/C22H32N4O6S/c1-13-10-26(14(2)12-27)22(28)17-8-7-9-18(20(17)31-19(13)11-25(5)6)24-33(29,30)21-15(3)23-32-16(21)4/h7-9,13-14,19,24,27H,10-12H2,1-6H3/t13-,14+,19-/m0/s1. The van der Waals surface area contributed by atoms with Gasteiger partial charge in [-0.3, -0.25) is 9.52 Å². The van der Waals surface area contributed by atoms with Gasteiger partial charge in [0.2, 0.25) is 0 Å². The smallest absolute Gasteiger partial charge is 0.267 e. The summed E-state index contributed by atoms with van der Waals surface area (Å²) >= 11 is 0. The number of aromatic nitrogens is 1. The number of rotatable bonds is 7. The number of carbonyl (C=O) groups excluding carboxylic acids is 1. The molecule has 182 valence electrons. The van der Waals surface area contributed by atoms with E-state index in [1.54, 1.807) is 36.9 Å². The Balaban J connectivity index is 2.12. The van der Waals surface area contributed by atoms with Gasteiger partial charge in [-0.1, -0.05) is 18.1 Å². The van der Waals surface area contributed by atoms with Gasteiger partial charge >= 0.3 is 0 Å². The van der Waals surface area contributed by atoms with E-state index >= 15 is 0 Å². The zero-order valence-corrected chi connectivity index (χ0v) is 20.6. The van der Waals surface area contributed by atoms with Crippen LogP contribution in [0, 0.1) is 19.8 Å². The minimum atomic E-state index is -4.05. The van der Waals surface area contributed by atoms with E-state index in [1.165, 1.54) is 6.92 Å². The van der Waals surface area contributed by atoms with Crippen LogP contribution in [-0.2, 0) is 10.0 Å². The van der Waals surface area contributed by atoms with Gasteiger partial charge in [-0.15, -0.1) is 0 Å². The van der Waals surface area contributed by atoms with Crippen LogP contribution in [-0.4, -0.2) is 80.3 Å². The first-order valence-corrected chi connectivity index (χ1v) is 12.3. The molecule has 1 aromatic heterocycles. The minimum Gasteiger partial charge on any atom is -0.486 e. The molecule has 1 aliphatic heterocycles. The Labute approximate surface area is 194 Å². The average Bonchev–Trinajstić information content (AvgIpc) is 3.09. The highest BCUT2D eigenvalue weighted by Crippen LogP contribution is 2.36. The Morgan fingerprint density at radius 1 is 1.33 bits per heavy atom. The van der Waals surface area contributed by atoms with Crippen molar-refractivity contribution in [1.29, 1.82) is 0 Å². The number of aryl methyl sites for hydroxylation is 2. The van der Waals surface area contributed by atoms with E-state index in [4.69, 9.17) is 9.26 Å². The molecular formula is C22H32N4O6S. The molecule has 0 radical (unpaired) electrons. The first-order valence-electron chi connectivity index (χ1n) is 10.8. The van der Waals surface area contributed by atoms with Gasteiger partial charge in [-0.25, -0.2) is 8.42 Å². The number of para-hydroxylation sites is 1. The van der Waals surface area contributed by atoms with Gasteiger partial charge in [0.25, 0.3) is 15.9 Å². The summed E-state index contributed by atoms with van der Waals surface area (Å²) in [5.74, 6) is -0.0879. The van der Waals surface area contributed by atoms with Crippen molar-refractivity contribution in [2.45, 2.75) is 44.7 Å². The molecule has 11 heteroatoms. The quantitative estimate of drug-likeness (QED) is 0.615. The van der Waals surface area contributed by atoms with E-state index in [0.29, 0.717) is 13.1 Å². The highest BCUT2D eigenvalue weighted by molar-refractivity contribution is 7.92. The summed E-state index contributed by atoms with van der Waals surface area (Å²) in [6.07, 6.45) is -0.329. The predicted octanol–water partition coefficient (Wildman–Crippen LogP) is 1.87. The van der Waals surface area contributed by atoms with Gasteiger partial charge in [-0.2, -0.15) is 0 Å². The van der Waals surface area contributed by atoms with Crippen LogP contribution in [0.3, 0.4) is 0 Å². The lowest BCUT2D eigenvalue weighted by atomic mass is 9.99. The van der Waals surface area contributed by atoms with E-state index in [-0.39, 0.29) is 57.9 Å². The number of aliphatic hydroxyl groups excluding tert-OH is 1. The summed E-state index contributed by atoms with van der Waals surface area (Å²) in [5, 5.41) is 13.5. The number of amides is 1. The molecule has 1 aliphatic rings. The van der Waals surface area contributed by atoms with Crippen molar-refractivity contribution in [2.24, 2.45) is 5.92 Å². The van der Waals surface area contributed by atoms with Crippen LogP contribution >= 0.6 is 0 Å². The third-order valence-corrected chi connectivity index (χ3v) is 7.33. The van der Waals surface area contributed by atoms with E-state index < -0.39 is 16.1 Å². The highest BCUT2D eigenvalue weighted by Gasteiger charge is 2.35. The molecule has 10 nitrogen and oxygen atoms in total. The van der Waals surface area contributed by atoms with Crippen molar-refractivity contribution in [3.05, 3.63) is 35.2 Å². The number of ether oxygens (including phenoxy) is 1. The Morgan fingerprint density at radius 3 is 2.61 bits per heavy atom. The maximum atomic E-state index is 13.4. The second-order valence-corrected chi connectivity index (χ2v) is 10.4. The topological polar surface area (TPSA) is 125 Å². The number of carbonyl (C=O) groups is 1. The van der Waals surface area contributed by atoms with Gasteiger partial charge in [0.15, 0.2) is 16.4 Å². The summed E-state index contributed by atoms with van der Waals surface area (Å²) in [7, 11) is -0.218. The third-order valence-electron chi connectivity index (χ3n) is 5.72. The van der Waals surface area contributed by atoms with Crippen molar-refractivity contribution >= 4 is 21.6 Å². The van der Waals surface area contributed by atoms with Gasteiger partial charge in [0.1, 0.15) is 11.8 Å². The molecule has 0 aliphatic carbocycles. The molecule has 2 N–H and O–H groups in total. The number of likely N-dealkylation sites (N-methyl/N-ethyl adjacent to an activating group) is 1.